The average molecular weight is 313 g/mol. The van der Waals surface area contributed by atoms with Crippen molar-refractivity contribution in [2.45, 2.75) is 17.2 Å². The first-order chi connectivity index (χ1) is 9.97. The monoisotopic (exact) mass is 313 g/mol. The molecule has 0 fully saturated rings. The van der Waals surface area contributed by atoms with Gasteiger partial charge in [0.1, 0.15) is 0 Å². The molecule has 0 unspecified atom stereocenters. The lowest BCUT2D eigenvalue weighted by atomic mass is 10.1. The minimum absolute atomic E-state index is 0.209. The third-order valence-corrected chi connectivity index (χ3v) is 3.50. The van der Waals surface area contributed by atoms with Crippen LogP contribution in [0.5, 0.6) is 17.2 Å². The molecular weight excluding hydrogens is 300 g/mol. The molecule has 21 heavy (non-hydrogen) atoms. The highest BCUT2D eigenvalue weighted by atomic mass is 32.2. The molecule has 4 nitrogen and oxygen atoms in total. The van der Waals surface area contributed by atoms with Gasteiger partial charge in [0.2, 0.25) is 5.75 Å². The van der Waals surface area contributed by atoms with E-state index in [2.05, 4.69) is 5.32 Å². The summed E-state index contributed by atoms with van der Waals surface area (Å²) in [6, 6.07) is 9.15. The zero-order valence-corrected chi connectivity index (χ0v) is 11.6. The Bertz CT molecular complexity index is 620. The Morgan fingerprint density at radius 2 is 1.62 bits per heavy atom. The Labute approximate surface area is 124 Å². The number of hydrogen-bond donors (Lipinski definition) is 4. The quantitative estimate of drug-likeness (QED) is 0.500. The summed E-state index contributed by atoms with van der Waals surface area (Å²) in [5.74, 6) is -3.82. The van der Waals surface area contributed by atoms with Gasteiger partial charge in [0, 0.05) is 22.7 Å². The molecule has 0 bridgehead atoms. The molecule has 0 aliphatic rings. The van der Waals surface area contributed by atoms with Crippen LogP contribution in [-0.4, -0.2) is 21.1 Å². The molecule has 2 aromatic rings. The Morgan fingerprint density at radius 1 is 0.952 bits per heavy atom. The second-order valence-corrected chi connectivity index (χ2v) is 5.26. The number of benzene rings is 2. The van der Waals surface area contributed by atoms with Crippen LogP contribution in [-0.2, 0) is 6.54 Å². The van der Waals surface area contributed by atoms with E-state index in [4.69, 9.17) is 0 Å². The molecule has 0 aromatic heterocycles. The predicted molar refractivity (Wildman–Crippen MR) is 77.1 cm³/mol. The molecule has 0 atom stereocenters. The van der Waals surface area contributed by atoms with Crippen molar-refractivity contribution in [3.05, 3.63) is 42.0 Å². The van der Waals surface area contributed by atoms with Gasteiger partial charge in [-0.1, -0.05) is 11.8 Å². The van der Waals surface area contributed by atoms with Gasteiger partial charge >= 0.3 is 0 Å². The van der Waals surface area contributed by atoms with E-state index < -0.39 is 23.0 Å². The second kappa shape index (κ2) is 6.53. The molecule has 0 saturated heterocycles. The van der Waals surface area contributed by atoms with E-state index in [1.807, 2.05) is 0 Å². The van der Waals surface area contributed by atoms with Gasteiger partial charge in [0.05, 0.1) is 0 Å². The molecule has 0 heterocycles. The summed E-state index contributed by atoms with van der Waals surface area (Å²) in [6.45, 7) is 0.209. The maximum absolute atomic E-state index is 12.2. The fraction of sp³-hybridized carbons (Fsp3) is 0.143. The van der Waals surface area contributed by atoms with Gasteiger partial charge in [0.15, 0.2) is 11.5 Å². The van der Waals surface area contributed by atoms with Gasteiger partial charge in [-0.2, -0.15) is 8.78 Å². The van der Waals surface area contributed by atoms with Crippen LogP contribution in [0, 0.1) is 0 Å². The van der Waals surface area contributed by atoms with Crippen molar-refractivity contribution in [2.24, 2.45) is 0 Å². The van der Waals surface area contributed by atoms with Gasteiger partial charge in [0.25, 0.3) is 5.76 Å². The summed E-state index contributed by atoms with van der Waals surface area (Å²) < 4.78 is 24.4. The summed E-state index contributed by atoms with van der Waals surface area (Å²) >= 11 is 0.466. The number of anilines is 1. The molecule has 2 aromatic carbocycles. The van der Waals surface area contributed by atoms with Gasteiger partial charge in [-0.05, 0) is 36.4 Å². The Hall–Kier alpha value is -2.15. The van der Waals surface area contributed by atoms with Crippen LogP contribution in [0.4, 0.5) is 14.5 Å². The minimum atomic E-state index is -2.46. The number of phenolic OH excluding ortho intramolecular Hbond substituents is 3. The maximum atomic E-state index is 12.2. The van der Waals surface area contributed by atoms with Crippen molar-refractivity contribution in [3.8, 4) is 17.2 Å². The van der Waals surface area contributed by atoms with Crippen LogP contribution >= 0.6 is 11.8 Å². The van der Waals surface area contributed by atoms with Crippen LogP contribution in [0.25, 0.3) is 0 Å². The molecule has 7 heteroatoms. The predicted octanol–water partition coefficient (Wildman–Crippen LogP) is 3.73. The smallest absolute Gasteiger partial charge is 0.288 e. The SMILES string of the molecule is Oc1ccc(CNc2ccc(SC(F)F)cc2)c(O)c1O. The highest BCUT2D eigenvalue weighted by Crippen LogP contribution is 2.37. The van der Waals surface area contributed by atoms with Crippen LogP contribution < -0.4 is 5.32 Å². The minimum Gasteiger partial charge on any atom is -0.504 e. The number of phenols is 3. The third-order valence-electron chi connectivity index (χ3n) is 2.78. The van der Waals surface area contributed by atoms with Gasteiger partial charge in [-0.25, -0.2) is 0 Å². The summed E-state index contributed by atoms with van der Waals surface area (Å²) in [6.07, 6.45) is 0. The lowest BCUT2D eigenvalue weighted by Gasteiger charge is -2.10. The van der Waals surface area contributed by atoms with E-state index >= 15 is 0 Å². The van der Waals surface area contributed by atoms with Crippen LogP contribution in [0.3, 0.4) is 0 Å². The van der Waals surface area contributed by atoms with E-state index in [-0.39, 0.29) is 6.54 Å². The molecule has 4 N–H and O–H groups in total. The maximum Gasteiger partial charge on any atom is 0.288 e. The standard InChI is InChI=1S/C14H13F2NO3S/c15-14(16)21-10-4-2-9(3-5-10)17-7-8-1-6-11(18)13(20)12(8)19/h1-6,14,17-20H,7H2. The van der Waals surface area contributed by atoms with Crippen LogP contribution in [0.15, 0.2) is 41.3 Å². The van der Waals surface area contributed by atoms with Crippen molar-refractivity contribution in [1.29, 1.82) is 0 Å². The van der Waals surface area contributed by atoms with Crippen molar-refractivity contribution < 1.29 is 24.1 Å². The van der Waals surface area contributed by atoms with Crippen molar-refractivity contribution in [2.75, 3.05) is 5.32 Å². The van der Waals surface area contributed by atoms with Crippen LogP contribution in [0.1, 0.15) is 5.56 Å². The normalized spacial score (nSPS) is 10.8. The number of nitrogens with one attached hydrogen (secondary N) is 1. The first-order valence-corrected chi connectivity index (χ1v) is 6.87. The van der Waals surface area contributed by atoms with E-state index in [0.717, 1.165) is 0 Å². The molecule has 0 aliphatic heterocycles. The number of halogens is 2. The fourth-order valence-electron chi connectivity index (χ4n) is 1.70. The topological polar surface area (TPSA) is 72.7 Å². The Kier molecular flexibility index (Phi) is 4.74. The molecule has 0 aliphatic carbocycles. The molecule has 0 spiro atoms. The summed E-state index contributed by atoms with van der Waals surface area (Å²) in [7, 11) is 0. The zero-order chi connectivity index (χ0) is 15.4. The van der Waals surface area contributed by atoms with Crippen molar-refractivity contribution >= 4 is 17.4 Å². The van der Waals surface area contributed by atoms with Gasteiger partial charge in [-0.3, -0.25) is 0 Å². The molecular formula is C14H13F2NO3S. The number of thioether (sulfide) groups is 1. The first kappa shape index (κ1) is 15.2. The molecule has 0 amide bonds. The third kappa shape index (κ3) is 3.91. The van der Waals surface area contributed by atoms with Gasteiger partial charge in [-0.15, -0.1) is 0 Å². The molecule has 112 valence electrons. The Balaban J connectivity index is 2.02. The number of hydrogen-bond acceptors (Lipinski definition) is 5. The molecule has 2 rings (SSSR count). The van der Waals surface area contributed by atoms with E-state index in [1.165, 1.54) is 12.1 Å². The van der Waals surface area contributed by atoms with E-state index in [9.17, 15) is 24.1 Å². The average Bonchev–Trinajstić information content (AvgIpc) is 2.45. The first-order valence-electron chi connectivity index (χ1n) is 5.99. The molecule has 0 radical (unpaired) electrons. The largest absolute Gasteiger partial charge is 0.504 e. The van der Waals surface area contributed by atoms with Crippen molar-refractivity contribution in [1.82, 2.24) is 0 Å². The lowest BCUT2D eigenvalue weighted by molar-refractivity contribution is 0.252. The van der Waals surface area contributed by atoms with Crippen molar-refractivity contribution in [3.63, 3.8) is 0 Å². The highest BCUT2D eigenvalue weighted by Gasteiger charge is 2.10. The van der Waals surface area contributed by atoms with Gasteiger partial charge < -0.3 is 20.6 Å². The second-order valence-electron chi connectivity index (χ2n) is 4.20. The number of alkyl halides is 2. The number of aromatic hydroxyl groups is 3. The highest BCUT2D eigenvalue weighted by molar-refractivity contribution is 7.99. The summed E-state index contributed by atoms with van der Waals surface area (Å²) in [5.41, 5.74) is 1.08. The molecule has 0 saturated carbocycles. The van der Waals surface area contributed by atoms with E-state index in [0.29, 0.717) is 27.9 Å². The Morgan fingerprint density at radius 3 is 2.24 bits per heavy atom. The fourth-order valence-corrected chi connectivity index (χ4v) is 2.20. The van der Waals surface area contributed by atoms with E-state index in [1.54, 1.807) is 24.3 Å². The van der Waals surface area contributed by atoms with Crippen LogP contribution in [0.2, 0.25) is 0 Å². The zero-order valence-electron chi connectivity index (χ0n) is 10.8. The number of rotatable bonds is 5. The summed E-state index contributed by atoms with van der Waals surface area (Å²) in [4.78, 5) is 0.459. The summed E-state index contributed by atoms with van der Waals surface area (Å²) in [5, 5.41) is 31.3. The lowest BCUT2D eigenvalue weighted by Crippen LogP contribution is -1.99.